The molecule has 1 aromatic carbocycles. The smallest absolute Gasteiger partial charge is 0.274 e. The van der Waals surface area contributed by atoms with E-state index in [1.807, 2.05) is 11.8 Å². The molecule has 2 saturated heterocycles. The molecular formula is C24H32N4O. The van der Waals surface area contributed by atoms with Crippen molar-refractivity contribution in [3.63, 3.8) is 0 Å². The molecule has 0 spiro atoms. The fourth-order valence-corrected chi connectivity index (χ4v) is 4.50. The minimum atomic E-state index is 0.0121. The number of piperidine rings is 2. The number of likely N-dealkylation sites (tertiary alicyclic amines) is 2. The first kappa shape index (κ1) is 20.0. The van der Waals surface area contributed by atoms with E-state index in [-0.39, 0.29) is 5.91 Å². The van der Waals surface area contributed by atoms with Crippen LogP contribution in [0.1, 0.15) is 59.4 Å². The molecule has 5 nitrogen and oxygen atoms in total. The van der Waals surface area contributed by atoms with Crippen LogP contribution in [0.3, 0.4) is 0 Å². The molecule has 0 aliphatic carbocycles. The topological polar surface area (TPSA) is 49.3 Å². The second-order valence-electron chi connectivity index (χ2n) is 8.64. The molecule has 2 aliphatic rings. The second-order valence-corrected chi connectivity index (χ2v) is 8.64. The minimum absolute atomic E-state index is 0.0121. The van der Waals surface area contributed by atoms with Crippen molar-refractivity contribution in [1.29, 1.82) is 0 Å². The lowest BCUT2D eigenvalue weighted by Crippen LogP contribution is -2.39. The zero-order valence-electron chi connectivity index (χ0n) is 17.5. The Balaban J connectivity index is 1.25. The molecule has 2 aliphatic heterocycles. The van der Waals surface area contributed by atoms with Gasteiger partial charge < -0.3 is 4.90 Å². The van der Waals surface area contributed by atoms with Crippen molar-refractivity contribution in [3.05, 3.63) is 59.2 Å². The summed E-state index contributed by atoms with van der Waals surface area (Å²) in [5.74, 6) is 0.661. The molecule has 2 aromatic rings. The summed E-state index contributed by atoms with van der Waals surface area (Å²) in [7, 11) is 0. The summed E-state index contributed by atoms with van der Waals surface area (Å²) in [6.07, 6.45) is 10.5. The summed E-state index contributed by atoms with van der Waals surface area (Å²) >= 11 is 0. The number of aryl methyl sites for hydroxylation is 1. The first-order valence-electron chi connectivity index (χ1n) is 11.1. The summed E-state index contributed by atoms with van der Waals surface area (Å²) < 4.78 is 0. The van der Waals surface area contributed by atoms with Crippen LogP contribution in [0.5, 0.6) is 0 Å². The maximum Gasteiger partial charge on any atom is 0.274 e. The lowest BCUT2D eigenvalue weighted by Gasteiger charge is -2.32. The number of hydrogen-bond acceptors (Lipinski definition) is 4. The van der Waals surface area contributed by atoms with E-state index in [4.69, 9.17) is 0 Å². The quantitative estimate of drug-likeness (QED) is 0.775. The number of amides is 1. The van der Waals surface area contributed by atoms with Gasteiger partial charge in [0.25, 0.3) is 5.91 Å². The highest BCUT2D eigenvalue weighted by atomic mass is 16.2. The fraction of sp³-hybridized carbons (Fsp3) is 0.542. The van der Waals surface area contributed by atoms with Gasteiger partial charge in [0.2, 0.25) is 0 Å². The molecule has 154 valence electrons. The SMILES string of the molecule is Cc1cnc(C(=O)N2CCC(Cc3ccc(CN4CCCCC4)cc3)CC2)cn1. The van der Waals surface area contributed by atoms with Crippen molar-refractivity contribution in [1.82, 2.24) is 19.8 Å². The molecular weight excluding hydrogens is 360 g/mol. The first-order valence-corrected chi connectivity index (χ1v) is 11.1. The van der Waals surface area contributed by atoms with E-state index in [0.29, 0.717) is 11.6 Å². The molecule has 0 saturated carbocycles. The van der Waals surface area contributed by atoms with Gasteiger partial charge in [0, 0.05) is 25.8 Å². The van der Waals surface area contributed by atoms with Gasteiger partial charge in [-0.15, -0.1) is 0 Å². The van der Waals surface area contributed by atoms with Crippen molar-refractivity contribution in [2.45, 2.75) is 52.0 Å². The van der Waals surface area contributed by atoms with Gasteiger partial charge in [-0.2, -0.15) is 0 Å². The first-order chi connectivity index (χ1) is 14.2. The number of rotatable bonds is 5. The van der Waals surface area contributed by atoms with Crippen molar-refractivity contribution < 1.29 is 4.79 Å². The van der Waals surface area contributed by atoms with E-state index < -0.39 is 0 Å². The van der Waals surface area contributed by atoms with Gasteiger partial charge in [0.15, 0.2) is 0 Å². The average Bonchev–Trinajstić information content (AvgIpc) is 2.76. The third-order valence-electron chi connectivity index (χ3n) is 6.30. The van der Waals surface area contributed by atoms with Gasteiger partial charge in [-0.3, -0.25) is 14.7 Å². The summed E-state index contributed by atoms with van der Waals surface area (Å²) in [6.45, 7) is 7.08. The highest BCUT2D eigenvalue weighted by molar-refractivity contribution is 5.92. The number of carbonyl (C=O) groups is 1. The predicted octanol–water partition coefficient (Wildman–Crippen LogP) is 3.87. The van der Waals surface area contributed by atoms with Crippen LogP contribution in [0.4, 0.5) is 0 Å². The number of aromatic nitrogens is 2. The predicted molar refractivity (Wildman–Crippen MR) is 115 cm³/mol. The van der Waals surface area contributed by atoms with Crippen molar-refractivity contribution in [2.24, 2.45) is 5.92 Å². The van der Waals surface area contributed by atoms with Crippen LogP contribution in [0.2, 0.25) is 0 Å². The monoisotopic (exact) mass is 392 g/mol. The summed E-state index contributed by atoms with van der Waals surface area (Å²) in [4.78, 5) is 25.5. The third kappa shape index (κ3) is 5.41. The van der Waals surface area contributed by atoms with E-state index in [9.17, 15) is 4.79 Å². The Kier molecular flexibility index (Phi) is 6.55. The number of carbonyl (C=O) groups excluding carboxylic acids is 1. The van der Waals surface area contributed by atoms with Crippen LogP contribution in [-0.2, 0) is 13.0 Å². The van der Waals surface area contributed by atoms with Gasteiger partial charge in [-0.05, 0) is 69.2 Å². The Morgan fingerprint density at radius 1 is 0.931 bits per heavy atom. The standard InChI is InChI=1S/C24H32N4O/c1-19-16-26-23(17-25-19)24(29)28-13-9-21(10-14-28)15-20-5-7-22(8-6-20)18-27-11-3-2-4-12-27/h5-8,16-17,21H,2-4,9-15,18H2,1H3. The molecule has 0 radical (unpaired) electrons. The molecule has 2 fully saturated rings. The second kappa shape index (κ2) is 9.49. The Morgan fingerprint density at radius 3 is 2.28 bits per heavy atom. The van der Waals surface area contributed by atoms with E-state index in [2.05, 4.69) is 39.1 Å². The van der Waals surface area contributed by atoms with Gasteiger partial charge >= 0.3 is 0 Å². The number of benzene rings is 1. The molecule has 0 unspecified atom stereocenters. The Labute approximate surface area is 174 Å². The summed E-state index contributed by atoms with van der Waals surface area (Å²) in [5.41, 5.74) is 4.14. The van der Waals surface area contributed by atoms with Gasteiger partial charge in [-0.1, -0.05) is 30.7 Å². The Hall–Kier alpha value is -2.27. The Bertz CT molecular complexity index is 789. The average molecular weight is 393 g/mol. The highest BCUT2D eigenvalue weighted by Crippen LogP contribution is 2.23. The maximum atomic E-state index is 12.6. The molecule has 0 N–H and O–H groups in total. The minimum Gasteiger partial charge on any atom is -0.337 e. The molecule has 0 bridgehead atoms. The molecule has 5 heteroatoms. The third-order valence-corrected chi connectivity index (χ3v) is 6.30. The van der Waals surface area contributed by atoms with Crippen LogP contribution in [-0.4, -0.2) is 51.9 Å². The van der Waals surface area contributed by atoms with Crippen molar-refractivity contribution in [2.75, 3.05) is 26.2 Å². The van der Waals surface area contributed by atoms with Gasteiger partial charge in [0.1, 0.15) is 5.69 Å². The lowest BCUT2D eigenvalue weighted by atomic mass is 9.90. The lowest BCUT2D eigenvalue weighted by molar-refractivity contribution is 0.0684. The fourth-order valence-electron chi connectivity index (χ4n) is 4.50. The van der Waals surface area contributed by atoms with E-state index in [0.717, 1.165) is 44.6 Å². The molecule has 0 atom stereocenters. The van der Waals surface area contributed by atoms with Crippen LogP contribution < -0.4 is 0 Å². The van der Waals surface area contributed by atoms with Crippen LogP contribution in [0.15, 0.2) is 36.7 Å². The van der Waals surface area contributed by atoms with E-state index >= 15 is 0 Å². The van der Waals surface area contributed by atoms with Crippen molar-refractivity contribution >= 4 is 5.91 Å². The maximum absolute atomic E-state index is 12.6. The van der Waals surface area contributed by atoms with Gasteiger partial charge in [-0.25, -0.2) is 4.98 Å². The van der Waals surface area contributed by atoms with Crippen molar-refractivity contribution in [3.8, 4) is 0 Å². The zero-order valence-corrected chi connectivity index (χ0v) is 17.5. The summed E-state index contributed by atoms with van der Waals surface area (Å²) in [5, 5.41) is 0. The number of hydrogen-bond donors (Lipinski definition) is 0. The van der Waals surface area contributed by atoms with Crippen LogP contribution in [0.25, 0.3) is 0 Å². The largest absolute Gasteiger partial charge is 0.337 e. The summed E-state index contributed by atoms with van der Waals surface area (Å²) in [6, 6.07) is 9.22. The molecule has 3 heterocycles. The number of nitrogens with zero attached hydrogens (tertiary/aromatic N) is 4. The molecule has 4 rings (SSSR count). The molecule has 1 amide bonds. The normalized spacial score (nSPS) is 18.7. The molecule has 1 aromatic heterocycles. The zero-order chi connectivity index (χ0) is 20.1. The highest BCUT2D eigenvalue weighted by Gasteiger charge is 2.24. The Morgan fingerprint density at radius 2 is 1.62 bits per heavy atom. The van der Waals surface area contributed by atoms with Crippen LogP contribution in [0, 0.1) is 12.8 Å². The molecule has 29 heavy (non-hydrogen) atoms. The van der Waals surface area contributed by atoms with Crippen LogP contribution >= 0.6 is 0 Å². The van der Waals surface area contributed by atoms with E-state index in [1.165, 1.54) is 43.5 Å². The van der Waals surface area contributed by atoms with E-state index in [1.54, 1.807) is 12.4 Å². The van der Waals surface area contributed by atoms with Gasteiger partial charge in [0.05, 0.1) is 11.9 Å².